The molecule has 0 spiro atoms. The van der Waals surface area contributed by atoms with Gasteiger partial charge in [0.2, 0.25) is 11.8 Å². The Labute approximate surface area is 136 Å². The van der Waals surface area contributed by atoms with Gasteiger partial charge in [0.25, 0.3) is 0 Å². The second-order valence-corrected chi connectivity index (χ2v) is 6.68. The molecule has 2 amide bonds. The molecule has 2 saturated heterocycles. The maximum absolute atomic E-state index is 12.2. The number of carboxylic acid groups (broad SMARTS) is 1. The van der Waals surface area contributed by atoms with Gasteiger partial charge in [0.05, 0.1) is 12.5 Å². The number of fused-ring (bicyclic) bond motifs is 1. The van der Waals surface area contributed by atoms with Gasteiger partial charge in [-0.15, -0.1) is 11.8 Å². The van der Waals surface area contributed by atoms with Crippen molar-refractivity contribution in [1.29, 1.82) is 0 Å². The number of benzene rings is 1. The van der Waals surface area contributed by atoms with Crippen LogP contribution >= 0.6 is 11.8 Å². The summed E-state index contributed by atoms with van der Waals surface area (Å²) in [5.74, 6) is -1.76. The van der Waals surface area contributed by atoms with Gasteiger partial charge in [-0.25, -0.2) is 4.79 Å². The molecule has 1 aromatic rings. The number of β-lactam (4-membered cyclic amide) rings is 1. The minimum Gasteiger partial charge on any atom is -0.480 e. The van der Waals surface area contributed by atoms with Gasteiger partial charge in [-0.3, -0.25) is 9.59 Å². The summed E-state index contributed by atoms with van der Waals surface area (Å²) in [4.78, 5) is 36.6. The number of nitrogens with one attached hydrogen (secondary N) is 1. The van der Waals surface area contributed by atoms with Gasteiger partial charge in [-0.2, -0.15) is 0 Å². The fourth-order valence-electron chi connectivity index (χ4n) is 2.85. The lowest BCUT2D eigenvalue weighted by Gasteiger charge is -2.53. The molecule has 3 N–H and O–H groups in total. The average Bonchev–Trinajstić information content (AvgIpc) is 2.53. The third-order valence-electron chi connectivity index (χ3n) is 3.96. The van der Waals surface area contributed by atoms with E-state index >= 15 is 0 Å². The highest BCUT2D eigenvalue weighted by atomic mass is 32.2. The predicted octanol–water partition coefficient (Wildman–Crippen LogP) is -0.557. The Morgan fingerprint density at radius 2 is 2.00 bits per heavy atom. The largest absolute Gasteiger partial charge is 0.480 e. The molecule has 1 unspecified atom stereocenters. The van der Waals surface area contributed by atoms with Gasteiger partial charge in [0.15, 0.2) is 6.04 Å². The first-order valence-electron chi connectivity index (χ1n) is 7.17. The number of carbonyl (C=O) groups excluding carboxylic acids is 2. The number of nitrogens with zero attached hydrogens (tertiary/aromatic N) is 1. The molecule has 2 heterocycles. The molecular weight excluding hydrogens is 320 g/mol. The van der Waals surface area contributed by atoms with Crippen LogP contribution in [0.1, 0.15) is 5.56 Å². The van der Waals surface area contributed by atoms with Crippen LogP contribution in [0.15, 0.2) is 30.3 Å². The number of rotatable bonds is 4. The van der Waals surface area contributed by atoms with E-state index < -0.39 is 35.4 Å². The maximum Gasteiger partial charge on any atom is 0.329 e. The molecule has 7 nitrogen and oxygen atoms in total. The third kappa shape index (κ3) is 2.91. The highest BCUT2D eigenvalue weighted by Gasteiger charge is 2.57. The molecule has 2 aliphatic heterocycles. The maximum atomic E-state index is 12.2. The molecular formula is C15H16N2O5S. The van der Waals surface area contributed by atoms with Crippen molar-refractivity contribution in [2.45, 2.75) is 30.0 Å². The minimum atomic E-state index is -1.24. The second-order valence-electron chi connectivity index (χ2n) is 5.53. The van der Waals surface area contributed by atoms with Crippen molar-refractivity contribution in [1.82, 2.24) is 10.2 Å². The van der Waals surface area contributed by atoms with Crippen LogP contribution in [0.4, 0.5) is 0 Å². The molecule has 3 rings (SSSR count). The van der Waals surface area contributed by atoms with Crippen molar-refractivity contribution in [3.05, 3.63) is 35.9 Å². The smallest absolute Gasteiger partial charge is 0.329 e. The monoisotopic (exact) mass is 336 g/mol. The van der Waals surface area contributed by atoms with Gasteiger partial charge >= 0.3 is 5.97 Å². The summed E-state index contributed by atoms with van der Waals surface area (Å²) in [6, 6.07) is 7.18. The van der Waals surface area contributed by atoms with Gasteiger partial charge in [-0.1, -0.05) is 30.3 Å². The highest BCUT2D eigenvalue weighted by Crippen LogP contribution is 2.38. The molecule has 2 fully saturated rings. The zero-order chi connectivity index (χ0) is 16.6. The van der Waals surface area contributed by atoms with Crippen LogP contribution in [-0.2, 0) is 20.8 Å². The van der Waals surface area contributed by atoms with Crippen molar-refractivity contribution in [2.75, 3.05) is 5.75 Å². The first kappa shape index (κ1) is 15.8. The van der Waals surface area contributed by atoms with Crippen molar-refractivity contribution in [2.24, 2.45) is 0 Å². The number of aliphatic hydroxyl groups excluding tert-OH is 1. The van der Waals surface area contributed by atoms with Gasteiger partial charge < -0.3 is 20.4 Å². The van der Waals surface area contributed by atoms with Crippen LogP contribution in [-0.4, -0.2) is 62.2 Å². The highest BCUT2D eigenvalue weighted by molar-refractivity contribution is 8.00. The van der Waals surface area contributed by atoms with E-state index in [0.29, 0.717) is 0 Å². The quantitative estimate of drug-likeness (QED) is 0.637. The standard InChI is InChI=1S/C15H16N2O5S/c18-9-7-23-14-11(13(20)17(14)12(9)15(21)22)16-10(19)6-8-4-2-1-3-5-8/h1-5,9,11-12,14,18H,6-7H2,(H,16,19)(H,21,22)/t9?,11-,12-,14-/m1/s1. The minimum absolute atomic E-state index is 0.160. The second kappa shape index (κ2) is 6.21. The molecule has 0 radical (unpaired) electrons. The fraction of sp³-hybridized carbons (Fsp3) is 0.400. The summed E-state index contributed by atoms with van der Waals surface area (Å²) < 4.78 is 0. The number of hydrogen-bond donors (Lipinski definition) is 3. The molecule has 0 aromatic heterocycles. The van der Waals surface area contributed by atoms with E-state index in [2.05, 4.69) is 5.32 Å². The summed E-state index contributed by atoms with van der Waals surface area (Å²) in [7, 11) is 0. The summed E-state index contributed by atoms with van der Waals surface area (Å²) in [5.41, 5.74) is 0.837. The van der Waals surface area contributed by atoms with Crippen LogP contribution in [0.2, 0.25) is 0 Å². The summed E-state index contributed by atoms with van der Waals surface area (Å²) in [5, 5.41) is 21.1. The Morgan fingerprint density at radius 3 is 2.65 bits per heavy atom. The van der Waals surface area contributed by atoms with E-state index in [1.54, 1.807) is 0 Å². The van der Waals surface area contributed by atoms with E-state index in [9.17, 15) is 19.5 Å². The first-order chi connectivity index (χ1) is 11.0. The van der Waals surface area contributed by atoms with Crippen LogP contribution < -0.4 is 5.32 Å². The van der Waals surface area contributed by atoms with Gasteiger partial charge in [0.1, 0.15) is 11.4 Å². The zero-order valence-electron chi connectivity index (χ0n) is 12.1. The number of hydrogen-bond acceptors (Lipinski definition) is 5. The fourth-order valence-corrected chi connectivity index (χ4v) is 4.20. The third-order valence-corrected chi connectivity index (χ3v) is 5.33. The Bertz CT molecular complexity index is 638. The molecule has 0 saturated carbocycles. The van der Waals surface area contributed by atoms with Crippen molar-refractivity contribution in [3.8, 4) is 0 Å². The number of carboxylic acids is 1. The summed E-state index contributed by atoms with van der Waals surface area (Å²) >= 11 is 1.28. The van der Waals surface area contributed by atoms with Gasteiger partial charge in [-0.05, 0) is 5.56 Å². The first-order valence-corrected chi connectivity index (χ1v) is 8.22. The molecule has 122 valence electrons. The summed E-state index contributed by atoms with van der Waals surface area (Å²) in [6.07, 6.45) is -0.939. The Hall–Kier alpha value is -2.06. The van der Waals surface area contributed by atoms with Gasteiger partial charge in [0, 0.05) is 5.75 Å². The lowest BCUT2D eigenvalue weighted by molar-refractivity contribution is -0.167. The zero-order valence-corrected chi connectivity index (χ0v) is 12.9. The van der Waals surface area contributed by atoms with Crippen LogP contribution in [0.3, 0.4) is 0 Å². The normalized spacial score (nSPS) is 29.4. The molecule has 4 atom stereocenters. The number of carbonyl (C=O) groups is 3. The Morgan fingerprint density at radius 1 is 1.30 bits per heavy atom. The molecule has 0 aliphatic carbocycles. The number of amides is 2. The van der Waals surface area contributed by atoms with Crippen LogP contribution in [0.5, 0.6) is 0 Å². The van der Waals surface area contributed by atoms with E-state index in [0.717, 1.165) is 10.5 Å². The molecule has 0 bridgehead atoms. The lowest BCUT2D eigenvalue weighted by Crippen LogP contribution is -2.76. The van der Waals surface area contributed by atoms with Crippen LogP contribution in [0.25, 0.3) is 0 Å². The van der Waals surface area contributed by atoms with E-state index in [1.807, 2.05) is 30.3 Å². The Balaban J connectivity index is 1.63. The predicted molar refractivity (Wildman–Crippen MR) is 82.6 cm³/mol. The molecule has 23 heavy (non-hydrogen) atoms. The van der Waals surface area contributed by atoms with Crippen molar-refractivity contribution >= 4 is 29.5 Å². The number of aliphatic hydroxyl groups is 1. The molecule has 1 aromatic carbocycles. The summed E-state index contributed by atoms with van der Waals surface area (Å²) in [6.45, 7) is 0. The van der Waals surface area contributed by atoms with Crippen LogP contribution in [0, 0.1) is 0 Å². The molecule has 2 aliphatic rings. The average molecular weight is 336 g/mol. The lowest BCUT2D eigenvalue weighted by atomic mass is 9.99. The molecule has 8 heteroatoms. The van der Waals surface area contributed by atoms with Crippen molar-refractivity contribution in [3.63, 3.8) is 0 Å². The van der Waals surface area contributed by atoms with E-state index in [4.69, 9.17) is 5.11 Å². The van der Waals surface area contributed by atoms with Crippen molar-refractivity contribution < 1.29 is 24.6 Å². The van der Waals surface area contributed by atoms with E-state index in [1.165, 1.54) is 11.8 Å². The number of thioether (sulfide) groups is 1. The van der Waals surface area contributed by atoms with E-state index in [-0.39, 0.29) is 18.1 Å². The SMILES string of the molecule is O=C(Cc1ccccc1)N[C@@H]1C(=O)N2[C@@H]1SCC(O)[C@@H]2C(=O)O. The Kier molecular flexibility index (Phi) is 4.27. The number of aliphatic carboxylic acids is 1. The topological polar surface area (TPSA) is 107 Å².